The molecule has 0 saturated carbocycles. The third-order valence-corrected chi connectivity index (χ3v) is 7.72. The molecule has 7 nitrogen and oxygen atoms in total. The van der Waals surface area contributed by atoms with Crippen LogP contribution in [0.2, 0.25) is 0 Å². The Labute approximate surface area is 202 Å². The normalized spacial score (nSPS) is 20.5. The van der Waals surface area contributed by atoms with E-state index in [1.807, 2.05) is 6.92 Å². The fraction of sp³-hybridized carbons (Fsp3) is 0.423. The molecule has 0 radical (unpaired) electrons. The number of benzene rings is 1. The monoisotopic (exact) mass is 481 g/mol. The Kier molecular flexibility index (Phi) is 6.29. The summed E-state index contributed by atoms with van der Waals surface area (Å²) in [5.74, 6) is -1.65. The SMILES string of the molecule is CC[C@H]1c2cc(-c3c(F)cccc3F)nnc2[C@](C)(CN(CC)C(=O)c2ccc(=O)[nH]n2)C1(C)C. The van der Waals surface area contributed by atoms with Crippen molar-refractivity contribution in [3.8, 4) is 11.3 Å². The lowest BCUT2D eigenvalue weighted by Gasteiger charge is -2.44. The molecule has 1 aromatic carbocycles. The van der Waals surface area contributed by atoms with Gasteiger partial charge >= 0.3 is 0 Å². The van der Waals surface area contributed by atoms with Gasteiger partial charge in [-0.15, -0.1) is 0 Å². The average Bonchev–Trinajstić information content (AvgIpc) is 2.99. The lowest BCUT2D eigenvalue weighted by atomic mass is 9.63. The first-order valence-corrected chi connectivity index (χ1v) is 11.7. The molecule has 3 aromatic rings. The summed E-state index contributed by atoms with van der Waals surface area (Å²) in [6, 6.07) is 8.14. The predicted molar refractivity (Wildman–Crippen MR) is 128 cm³/mol. The molecule has 0 spiro atoms. The van der Waals surface area contributed by atoms with E-state index in [1.54, 1.807) is 11.0 Å². The zero-order chi connectivity index (χ0) is 25.5. The summed E-state index contributed by atoms with van der Waals surface area (Å²) in [4.78, 5) is 26.3. The molecule has 0 saturated heterocycles. The molecule has 35 heavy (non-hydrogen) atoms. The van der Waals surface area contributed by atoms with Crippen LogP contribution in [-0.4, -0.2) is 44.3 Å². The lowest BCUT2D eigenvalue weighted by Crippen LogP contribution is -2.49. The van der Waals surface area contributed by atoms with Crippen LogP contribution < -0.4 is 5.56 Å². The second-order valence-corrected chi connectivity index (χ2v) is 9.77. The summed E-state index contributed by atoms with van der Waals surface area (Å²) in [5.41, 5.74) is 0.374. The van der Waals surface area contributed by atoms with Gasteiger partial charge in [0.2, 0.25) is 0 Å². The minimum absolute atomic E-state index is 0.0339. The van der Waals surface area contributed by atoms with Gasteiger partial charge in [-0.1, -0.05) is 33.8 Å². The van der Waals surface area contributed by atoms with E-state index in [0.29, 0.717) is 13.1 Å². The van der Waals surface area contributed by atoms with Crippen LogP contribution in [0.5, 0.6) is 0 Å². The van der Waals surface area contributed by atoms with Crippen LogP contribution in [-0.2, 0) is 5.41 Å². The Balaban J connectivity index is 1.79. The number of hydrogen-bond acceptors (Lipinski definition) is 5. The van der Waals surface area contributed by atoms with Crippen LogP contribution in [0.4, 0.5) is 8.78 Å². The van der Waals surface area contributed by atoms with Crippen molar-refractivity contribution in [1.82, 2.24) is 25.3 Å². The van der Waals surface area contributed by atoms with Gasteiger partial charge in [-0.3, -0.25) is 9.59 Å². The maximum atomic E-state index is 14.5. The van der Waals surface area contributed by atoms with Crippen molar-refractivity contribution in [1.29, 1.82) is 0 Å². The van der Waals surface area contributed by atoms with Crippen molar-refractivity contribution < 1.29 is 13.6 Å². The van der Waals surface area contributed by atoms with Gasteiger partial charge < -0.3 is 4.90 Å². The second kappa shape index (κ2) is 8.94. The summed E-state index contributed by atoms with van der Waals surface area (Å²) < 4.78 is 29.0. The molecular formula is C26H29F2N5O2. The molecule has 1 amide bonds. The Hall–Kier alpha value is -3.49. The molecule has 0 unspecified atom stereocenters. The first-order chi connectivity index (χ1) is 16.5. The van der Waals surface area contributed by atoms with Crippen molar-refractivity contribution in [2.24, 2.45) is 5.41 Å². The smallest absolute Gasteiger partial charge is 0.274 e. The molecular weight excluding hydrogens is 452 g/mol. The first-order valence-electron chi connectivity index (χ1n) is 11.7. The van der Waals surface area contributed by atoms with Crippen LogP contribution in [0.25, 0.3) is 11.3 Å². The highest BCUT2D eigenvalue weighted by molar-refractivity contribution is 5.92. The molecule has 184 valence electrons. The molecule has 1 aliphatic carbocycles. The molecule has 2 atom stereocenters. The van der Waals surface area contributed by atoms with Gasteiger partial charge in [-0.2, -0.15) is 15.3 Å². The number of rotatable bonds is 6. The molecule has 0 fully saturated rings. The van der Waals surface area contributed by atoms with Crippen LogP contribution >= 0.6 is 0 Å². The van der Waals surface area contributed by atoms with Gasteiger partial charge in [0, 0.05) is 24.6 Å². The van der Waals surface area contributed by atoms with Crippen molar-refractivity contribution in [3.63, 3.8) is 0 Å². The minimum atomic E-state index is -0.691. The maximum absolute atomic E-state index is 14.5. The number of H-pyrrole nitrogens is 1. The number of carbonyl (C=O) groups is 1. The molecule has 2 aromatic heterocycles. The van der Waals surface area contributed by atoms with Crippen molar-refractivity contribution in [2.45, 2.75) is 52.4 Å². The molecule has 0 aliphatic heterocycles. The number of carbonyl (C=O) groups excluding carboxylic acids is 1. The predicted octanol–water partition coefficient (Wildman–Crippen LogP) is 4.46. The Morgan fingerprint density at radius 2 is 1.77 bits per heavy atom. The fourth-order valence-corrected chi connectivity index (χ4v) is 5.39. The van der Waals surface area contributed by atoms with Crippen LogP contribution in [0.15, 0.2) is 41.2 Å². The van der Waals surface area contributed by atoms with E-state index in [0.717, 1.165) is 17.7 Å². The van der Waals surface area contributed by atoms with E-state index in [1.165, 1.54) is 30.3 Å². The third-order valence-electron chi connectivity index (χ3n) is 7.72. The van der Waals surface area contributed by atoms with Crippen LogP contribution in [0.1, 0.15) is 68.7 Å². The highest BCUT2D eigenvalue weighted by atomic mass is 19.1. The summed E-state index contributed by atoms with van der Waals surface area (Å²) >= 11 is 0. The quantitative estimate of drug-likeness (QED) is 0.561. The van der Waals surface area contributed by atoms with Gasteiger partial charge in [0.1, 0.15) is 17.3 Å². The standard InChI is InChI=1S/C26H29F2N5O2/c1-6-16-15-13-20(22-17(27)9-8-10-18(22)28)30-32-23(15)26(5,25(16,3)4)14-33(7-2)24(35)19-11-12-21(34)31-29-19/h8-13,16H,6-7,14H2,1-5H3,(H,31,34)/t16-,26-/m0/s1. The third kappa shape index (κ3) is 3.92. The molecule has 4 rings (SSSR count). The van der Waals surface area contributed by atoms with Gasteiger partial charge in [0.15, 0.2) is 0 Å². The maximum Gasteiger partial charge on any atom is 0.274 e. The van der Waals surface area contributed by atoms with E-state index in [2.05, 4.69) is 48.1 Å². The average molecular weight is 482 g/mol. The van der Waals surface area contributed by atoms with Crippen LogP contribution in [0.3, 0.4) is 0 Å². The van der Waals surface area contributed by atoms with Gasteiger partial charge in [-0.05, 0) is 54.5 Å². The van der Waals surface area contributed by atoms with E-state index < -0.39 is 17.0 Å². The number of aromatic nitrogens is 4. The van der Waals surface area contributed by atoms with Crippen molar-refractivity contribution in [2.75, 3.05) is 13.1 Å². The number of halogens is 2. The van der Waals surface area contributed by atoms with E-state index in [4.69, 9.17) is 0 Å². The molecule has 1 N–H and O–H groups in total. The summed E-state index contributed by atoms with van der Waals surface area (Å²) in [6.45, 7) is 11.0. The molecule has 9 heteroatoms. The number of amides is 1. The Morgan fingerprint density at radius 1 is 1.09 bits per heavy atom. The molecule has 1 aliphatic rings. The summed E-state index contributed by atoms with van der Waals surface area (Å²) in [5, 5.41) is 14.9. The van der Waals surface area contributed by atoms with Crippen LogP contribution in [0, 0.1) is 17.0 Å². The number of likely N-dealkylation sites (N-methyl/N-ethyl adjacent to an activating group) is 1. The number of nitrogens with one attached hydrogen (secondary N) is 1. The van der Waals surface area contributed by atoms with Gasteiger partial charge in [0.05, 0.1) is 17.0 Å². The first kappa shape index (κ1) is 24.6. The molecule has 2 heterocycles. The summed E-state index contributed by atoms with van der Waals surface area (Å²) in [6.07, 6.45) is 0.780. The zero-order valence-corrected chi connectivity index (χ0v) is 20.5. The highest BCUT2D eigenvalue weighted by Crippen LogP contribution is 2.59. The number of hydrogen-bond donors (Lipinski definition) is 1. The zero-order valence-electron chi connectivity index (χ0n) is 20.5. The number of aromatic amines is 1. The minimum Gasteiger partial charge on any atom is -0.337 e. The van der Waals surface area contributed by atoms with Crippen molar-refractivity contribution in [3.05, 3.63) is 75.3 Å². The van der Waals surface area contributed by atoms with E-state index >= 15 is 0 Å². The lowest BCUT2D eigenvalue weighted by molar-refractivity contribution is 0.0606. The Bertz CT molecular complexity index is 1300. The fourth-order valence-electron chi connectivity index (χ4n) is 5.39. The molecule has 0 bridgehead atoms. The topological polar surface area (TPSA) is 91.8 Å². The summed E-state index contributed by atoms with van der Waals surface area (Å²) in [7, 11) is 0. The van der Waals surface area contributed by atoms with Crippen molar-refractivity contribution >= 4 is 5.91 Å². The van der Waals surface area contributed by atoms with Gasteiger partial charge in [0.25, 0.3) is 11.5 Å². The number of fused-ring (bicyclic) bond motifs is 1. The Morgan fingerprint density at radius 3 is 2.34 bits per heavy atom. The second-order valence-electron chi connectivity index (χ2n) is 9.77. The van der Waals surface area contributed by atoms with Gasteiger partial charge in [-0.25, -0.2) is 13.9 Å². The number of nitrogens with zero attached hydrogens (tertiary/aromatic N) is 4. The van der Waals surface area contributed by atoms with E-state index in [9.17, 15) is 18.4 Å². The van der Waals surface area contributed by atoms with E-state index in [-0.39, 0.29) is 39.8 Å². The largest absolute Gasteiger partial charge is 0.337 e. The highest BCUT2D eigenvalue weighted by Gasteiger charge is 2.56.